The lowest BCUT2D eigenvalue weighted by atomic mass is 10.2. The molecule has 0 aliphatic carbocycles. The number of amides is 1. The zero-order valence-corrected chi connectivity index (χ0v) is 16.1. The van der Waals surface area contributed by atoms with Crippen LogP contribution in [0.3, 0.4) is 0 Å². The number of furan rings is 1. The molecular weight excluding hydrogens is 378 g/mol. The van der Waals surface area contributed by atoms with Crippen LogP contribution in [-0.4, -0.2) is 31.6 Å². The molecule has 7 nitrogen and oxygen atoms in total. The Morgan fingerprint density at radius 2 is 1.90 bits per heavy atom. The van der Waals surface area contributed by atoms with E-state index in [4.69, 9.17) is 4.42 Å². The van der Waals surface area contributed by atoms with Gasteiger partial charge in [-0.2, -0.15) is 5.10 Å². The Labute approximate surface area is 172 Å². The zero-order valence-electron chi connectivity index (χ0n) is 16.1. The van der Waals surface area contributed by atoms with E-state index >= 15 is 0 Å². The molecule has 1 N–H and O–H groups in total. The van der Waals surface area contributed by atoms with Crippen molar-refractivity contribution in [2.45, 2.75) is 6.42 Å². The number of rotatable bonds is 6. The van der Waals surface area contributed by atoms with Crippen molar-refractivity contribution in [3.05, 3.63) is 96.8 Å². The molecule has 4 heterocycles. The summed E-state index contributed by atoms with van der Waals surface area (Å²) in [6, 6.07) is 20.8. The second-order valence-electron chi connectivity index (χ2n) is 6.84. The molecule has 1 amide bonds. The number of para-hydroxylation sites is 1. The summed E-state index contributed by atoms with van der Waals surface area (Å²) in [5.74, 6) is 0.413. The van der Waals surface area contributed by atoms with Crippen LogP contribution in [0.4, 0.5) is 0 Å². The molecule has 4 aromatic heterocycles. The number of imidazole rings is 1. The highest BCUT2D eigenvalue weighted by Gasteiger charge is 2.18. The molecule has 0 saturated carbocycles. The number of fused-ring (bicyclic) bond motifs is 1. The van der Waals surface area contributed by atoms with Gasteiger partial charge in [-0.3, -0.25) is 4.79 Å². The highest BCUT2D eigenvalue weighted by Crippen LogP contribution is 2.22. The Hall–Kier alpha value is -4.13. The van der Waals surface area contributed by atoms with Crippen LogP contribution in [0.5, 0.6) is 0 Å². The third kappa shape index (κ3) is 3.48. The van der Waals surface area contributed by atoms with E-state index in [9.17, 15) is 4.79 Å². The van der Waals surface area contributed by atoms with E-state index in [0.717, 1.165) is 17.0 Å². The number of nitrogens with zero attached hydrogens (tertiary/aromatic N) is 4. The van der Waals surface area contributed by atoms with Crippen molar-refractivity contribution in [3.63, 3.8) is 0 Å². The fourth-order valence-corrected chi connectivity index (χ4v) is 3.36. The largest absolute Gasteiger partial charge is 0.463 e. The van der Waals surface area contributed by atoms with Crippen molar-refractivity contribution in [1.29, 1.82) is 0 Å². The minimum atomic E-state index is -0.201. The summed E-state index contributed by atoms with van der Waals surface area (Å²) in [7, 11) is 0. The molecule has 5 rings (SSSR count). The van der Waals surface area contributed by atoms with E-state index in [0.29, 0.717) is 30.1 Å². The van der Waals surface area contributed by atoms with Gasteiger partial charge in [0.1, 0.15) is 17.0 Å². The molecular formula is C23H19N5O2. The Balaban J connectivity index is 1.36. The number of carbonyl (C=O) groups is 1. The maximum atomic E-state index is 13.0. The van der Waals surface area contributed by atoms with Crippen molar-refractivity contribution in [2.24, 2.45) is 0 Å². The van der Waals surface area contributed by atoms with E-state index in [1.54, 1.807) is 23.1 Å². The van der Waals surface area contributed by atoms with Gasteiger partial charge in [0.2, 0.25) is 0 Å². The lowest BCUT2D eigenvalue weighted by molar-refractivity contribution is 0.0946. The van der Waals surface area contributed by atoms with Gasteiger partial charge in [-0.15, -0.1) is 0 Å². The van der Waals surface area contributed by atoms with E-state index in [1.165, 1.54) is 0 Å². The molecule has 0 radical (unpaired) electrons. The molecule has 0 atom stereocenters. The quantitative estimate of drug-likeness (QED) is 0.473. The molecule has 5 aromatic rings. The summed E-state index contributed by atoms with van der Waals surface area (Å²) >= 11 is 0. The third-order valence-corrected chi connectivity index (χ3v) is 4.80. The highest BCUT2D eigenvalue weighted by molar-refractivity contribution is 5.94. The van der Waals surface area contributed by atoms with Gasteiger partial charge in [0.15, 0.2) is 5.76 Å². The Morgan fingerprint density at radius 1 is 1.03 bits per heavy atom. The van der Waals surface area contributed by atoms with Crippen LogP contribution in [0.1, 0.15) is 16.2 Å². The minimum absolute atomic E-state index is 0.201. The number of nitrogens with one attached hydrogen (secondary N) is 1. The Kier molecular flexibility index (Phi) is 4.61. The van der Waals surface area contributed by atoms with Gasteiger partial charge >= 0.3 is 0 Å². The fourth-order valence-electron chi connectivity index (χ4n) is 3.36. The monoisotopic (exact) mass is 397 g/mol. The number of hydrogen-bond acceptors (Lipinski definition) is 4. The fraction of sp³-hybridized carbons (Fsp3) is 0.0870. The van der Waals surface area contributed by atoms with Crippen molar-refractivity contribution in [1.82, 2.24) is 24.5 Å². The molecule has 0 fully saturated rings. The smallest absolute Gasteiger partial charge is 0.270 e. The average Bonchev–Trinajstić information content (AvgIpc) is 3.52. The maximum absolute atomic E-state index is 13.0. The summed E-state index contributed by atoms with van der Waals surface area (Å²) < 4.78 is 9.06. The normalized spacial score (nSPS) is 11.1. The van der Waals surface area contributed by atoms with Gasteiger partial charge in [-0.05, 0) is 36.4 Å². The predicted molar refractivity (Wildman–Crippen MR) is 112 cm³/mol. The van der Waals surface area contributed by atoms with Crippen LogP contribution in [-0.2, 0) is 6.42 Å². The molecule has 0 aliphatic heterocycles. The Morgan fingerprint density at radius 3 is 2.70 bits per heavy atom. The number of aromatic nitrogens is 4. The molecule has 148 valence electrons. The van der Waals surface area contributed by atoms with E-state index in [1.807, 2.05) is 71.4 Å². The van der Waals surface area contributed by atoms with Gasteiger partial charge in [0, 0.05) is 31.4 Å². The van der Waals surface area contributed by atoms with Crippen LogP contribution in [0, 0.1) is 0 Å². The minimum Gasteiger partial charge on any atom is -0.463 e. The summed E-state index contributed by atoms with van der Waals surface area (Å²) in [6.07, 6.45) is 6.16. The lowest BCUT2D eigenvalue weighted by Gasteiger charge is -2.07. The second kappa shape index (κ2) is 7.71. The molecule has 0 unspecified atom stereocenters. The Bertz CT molecular complexity index is 1250. The second-order valence-corrected chi connectivity index (χ2v) is 6.84. The predicted octanol–water partition coefficient (Wildman–Crippen LogP) is 3.75. The highest BCUT2D eigenvalue weighted by atomic mass is 16.3. The average molecular weight is 397 g/mol. The van der Waals surface area contributed by atoms with Crippen molar-refractivity contribution >= 4 is 11.6 Å². The van der Waals surface area contributed by atoms with Crippen LogP contribution in [0.15, 0.2) is 89.8 Å². The van der Waals surface area contributed by atoms with E-state index < -0.39 is 0 Å². The molecule has 0 spiro atoms. The zero-order chi connectivity index (χ0) is 20.3. The van der Waals surface area contributed by atoms with Gasteiger partial charge < -0.3 is 14.1 Å². The van der Waals surface area contributed by atoms with Gasteiger partial charge in [-0.1, -0.05) is 24.3 Å². The molecule has 0 bridgehead atoms. The van der Waals surface area contributed by atoms with Crippen molar-refractivity contribution in [3.8, 4) is 17.1 Å². The molecule has 1 aromatic carbocycles. The van der Waals surface area contributed by atoms with Gasteiger partial charge in [0.25, 0.3) is 5.91 Å². The standard InChI is InChI=1S/C23H19N5O2/c29-23(24-12-11-17-16-27-13-5-4-10-22(27)25-17)20-15-19(21-9-6-14-30-21)26-28(20)18-7-2-1-3-8-18/h1-10,13-16H,11-12H2,(H,24,29). The van der Waals surface area contributed by atoms with Gasteiger partial charge in [0.05, 0.1) is 17.6 Å². The summed E-state index contributed by atoms with van der Waals surface area (Å²) in [5.41, 5.74) is 3.68. The number of hydrogen-bond donors (Lipinski definition) is 1. The van der Waals surface area contributed by atoms with Crippen molar-refractivity contribution < 1.29 is 9.21 Å². The maximum Gasteiger partial charge on any atom is 0.270 e. The van der Waals surface area contributed by atoms with Crippen LogP contribution in [0.25, 0.3) is 22.8 Å². The van der Waals surface area contributed by atoms with Crippen LogP contribution >= 0.6 is 0 Å². The van der Waals surface area contributed by atoms with Crippen LogP contribution in [0.2, 0.25) is 0 Å². The first-order chi connectivity index (χ1) is 14.8. The van der Waals surface area contributed by atoms with E-state index in [-0.39, 0.29) is 5.91 Å². The molecule has 30 heavy (non-hydrogen) atoms. The molecule has 0 saturated heterocycles. The van der Waals surface area contributed by atoms with E-state index in [2.05, 4.69) is 15.4 Å². The first kappa shape index (κ1) is 17.9. The first-order valence-electron chi connectivity index (χ1n) is 9.68. The number of pyridine rings is 1. The molecule has 0 aliphatic rings. The SMILES string of the molecule is O=C(NCCc1cn2ccccc2n1)c1cc(-c2ccco2)nn1-c1ccccc1. The summed E-state index contributed by atoms with van der Waals surface area (Å²) in [4.78, 5) is 17.5. The lowest BCUT2D eigenvalue weighted by Crippen LogP contribution is -2.27. The first-order valence-corrected chi connectivity index (χ1v) is 9.68. The van der Waals surface area contributed by atoms with Gasteiger partial charge in [-0.25, -0.2) is 9.67 Å². The van der Waals surface area contributed by atoms with Crippen molar-refractivity contribution in [2.75, 3.05) is 6.54 Å². The van der Waals surface area contributed by atoms with Crippen LogP contribution < -0.4 is 5.32 Å². The number of benzene rings is 1. The molecule has 7 heteroatoms. The summed E-state index contributed by atoms with van der Waals surface area (Å²) in [6.45, 7) is 0.471. The summed E-state index contributed by atoms with van der Waals surface area (Å²) in [5, 5.41) is 7.57. The number of carbonyl (C=O) groups excluding carboxylic acids is 1. The topological polar surface area (TPSA) is 77.4 Å². The third-order valence-electron chi connectivity index (χ3n) is 4.80.